The lowest BCUT2D eigenvalue weighted by Gasteiger charge is -2.27. The van der Waals surface area contributed by atoms with Gasteiger partial charge in [-0.3, -0.25) is 4.90 Å². The molecule has 0 aliphatic heterocycles. The van der Waals surface area contributed by atoms with Crippen molar-refractivity contribution in [2.75, 3.05) is 19.0 Å². The molecule has 4 heteroatoms. The van der Waals surface area contributed by atoms with Gasteiger partial charge in [-0.05, 0) is 11.1 Å². The predicted molar refractivity (Wildman–Crippen MR) is 89.8 cm³/mol. The molecule has 0 amide bonds. The van der Waals surface area contributed by atoms with Crippen molar-refractivity contribution in [2.24, 2.45) is 0 Å². The lowest BCUT2D eigenvalue weighted by atomic mass is 10.0. The Morgan fingerprint density at radius 2 is 1.50 bits per heavy atom. The van der Waals surface area contributed by atoms with Gasteiger partial charge in [0.25, 0.3) is 0 Å². The van der Waals surface area contributed by atoms with Gasteiger partial charge in [-0.2, -0.15) is 0 Å². The lowest BCUT2D eigenvalue weighted by Crippen LogP contribution is -2.36. The van der Waals surface area contributed by atoms with Crippen LogP contribution in [0, 0.1) is 0 Å². The van der Waals surface area contributed by atoms with E-state index in [0.29, 0.717) is 25.5 Å². The van der Waals surface area contributed by atoms with E-state index in [1.807, 2.05) is 60.7 Å². The molecule has 3 nitrogen and oxygen atoms in total. The molecule has 0 saturated carbocycles. The van der Waals surface area contributed by atoms with Crippen LogP contribution in [0.25, 0.3) is 0 Å². The van der Waals surface area contributed by atoms with Gasteiger partial charge in [-0.15, -0.1) is 11.6 Å². The topological polar surface area (TPSA) is 43.7 Å². The van der Waals surface area contributed by atoms with E-state index < -0.39 is 12.2 Å². The maximum atomic E-state index is 10.3. The Bertz CT molecular complexity index is 535. The molecule has 0 unspecified atom stereocenters. The molecule has 2 aromatic rings. The van der Waals surface area contributed by atoms with Gasteiger partial charge >= 0.3 is 0 Å². The fourth-order valence-electron chi connectivity index (χ4n) is 2.43. The highest BCUT2D eigenvalue weighted by molar-refractivity contribution is 6.18. The Balaban J connectivity index is 1.97. The summed E-state index contributed by atoms with van der Waals surface area (Å²) < 4.78 is 0. The van der Waals surface area contributed by atoms with Crippen LogP contribution < -0.4 is 0 Å². The molecule has 0 saturated heterocycles. The van der Waals surface area contributed by atoms with Gasteiger partial charge in [0.15, 0.2) is 0 Å². The quantitative estimate of drug-likeness (QED) is 0.735. The highest BCUT2D eigenvalue weighted by Crippen LogP contribution is 2.18. The first-order valence-electron chi connectivity index (χ1n) is 7.44. The first kappa shape index (κ1) is 17.0. The summed E-state index contributed by atoms with van der Waals surface area (Å²) in [5, 5.41) is 20.6. The van der Waals surface area contributed by atoms with E-state index in [9.17, 15) is 10.2 Å². The van der Waals surface area contributed by atoms with Crippen LogP contribution in [0.4, 0.5) is 0 Å². The first-order chi connectivity index (χ1) is 10.7. The summed E-state index contributed by atoms with van der Waals surface area (Å²) in [5.41, 5.74) is 1.88. The molecule has 0 aliphatic carbocycles. The van der Waals surface area contributed by atoms with Crippen LogP contribution in [0.3, 0.4) is 0 Å². The van der Waals surface area contributed by atoms with Gasteiger partial charge in [-0.1, -0.05) is 60.7 Å². The molecule has 2 rings (SSSR count). The van der Waals surface area contributed by atoms with E-state index in [1.54, 1.807) is 0 Å². The van der Waals surface area contributed by atoms with Crippen molar-refractivity contribution < 1.29 is 10.2 Å². The number of aliphatic hydroxyl groups is 2. The van der Waals surface area contributed by atoms with Crippen LogP contribution in [0.5, 0.6) is 0 Å². The summed E-state index contributed by atoms with van der Waals surface area (Å²) in [7, 11) is 0. The Labute approximate surface area is 136 Å². The van der Waals surface area contributed by atoms with Gasteiger partial charge < -0.3 is 10.2 Å². The number of aliphatic hydroxyl groups excluding tert-OH is 2. The van der Waals surface area contributed by atoms with E-state index in [-0.39, 0.29) is 0 Å². The average molecular weight is 320 g/mol. The number of hydrogen-bond donors (Lipinski definition) is 2. The minimum atomic E-state index is -0.894. The first-order valence-corrected chi connectivity index (χ1v) is 7.97. The second-order valence-corrected chi connectivity index (χ2v) is 5.71. The molecule has 2 N–H and O–H groups in total. The molecule has 0 radical (unpaired) electrons. The van der Waals surface area contributed by atoms with Crippen molar-refractivity contribution in [3.05, 3.63) is 71.8 Å². The summed E-state index contributed by atoms with van der Waals surface area (Å²) in [6.45, 7) is 1.73. The molecule has 0 aliphatic rings. The monoisotopic (exact) mass is 319 g/mol. The summed E-state index contributed by atoms with van der Waals surface area (Å²) in [6.07, 6.45) is -1.75. The Morgan fingerprint density at radius 3 is 2.09 bits per heavy atom. The largest absolute Gasteiger partial charge is 0.389 e. The van der Waals surface area contributed by atoms with E-state index in [0.717, 1.165) is 11.1 Å². The zero-order valence-corrected chi connectivity index (χ0v) is 13.2. The summed E-state index contributed by atoms with van der Waals surface area (Å²) in [4.78, 5) is 2.05. The normalized spacial score (nSPS) is 14.0. The molecule has 0 bridgehead atoms. The van der Waals surface area contributed by atoms with Crippen LogP contribution in [0.2, 0.25) is 0 Å². The van der Waals surface area contributed by atoms with Gasteiger partial charge in [-0.25, -0.2) is 0 Å². The van der Waals surface area contributed by atoms with Crippen molar-refractivity contribution in [2.45, 2.75) is 18.8 Å². The number of halogens is 1. The van der Waals surface area contributed by atoms with E-state index in [1.165, 1.54) is 0 Å². The number of hydrogen-bond acceptors (Lipinski definition) is 3. The molecular formula is C18H22ClNO2. The molecular weight excluding hydrogens is 298 g/mol. The maximum absolute atomic E-state index is 10.3. The smallest absolute Gasteiger partial charge is 0.106 e. The lowest BCUT2D eigenvalue weighted by molar-refractivity contribution is -0.00411. The van der Waals surface area contributed by atoms with E-state index >= 15 is 0 Å². The van der Waals surface area contributed by atoms with E-state index in [2.05, 4.69) is 4.90 Å². The highest BCUT2D eigenvalue weighted by atomic mass is 35.5. The van der Waals surface area contributed by atoms with Gasteiger partial charge in [0.1, 0.15) is 6.10 Å². The molecule has 2 aromatic carbocycles. The molecule has 0 heterocycles. The highest BCUT2D eigenvalue weighted by Gasteiger charge is 2.21. The zero-order valence-electron chi connectivity index (χ0n) is 12.5. The minimum absolute atomic E-state index is 0.373. The summed E-state index contributed by atoms with van der Waals surface area (Å²) in [5.74, 6) is 0.487. The molecule has 118 valence electrons. The average Bonchev–Trinajstić information content (AvgIpc) is 2.56. The Morgan fingerprint density at radius 1 is 0.909 bits per heavy atom. The standard InChI is InChI=1S/C18H22ClNO2/c19-11-12-20(13-15-7-3-1-4-8-15)14-17(21)18(22)16-9-5-2-6-10-16/h1-10,17-18,21-22H,11-14H2/t17-,18+/m0/s1. The third kappa shape index (κ3) is 5.11. The molecule has 22 heavy (non-hydrogen) atoms. The predicted octanol–water partition coefficient (Wildman–Crippen LogP) is 2.82. The third-order valence-corrected chi connectivity index (χ3v) is 3.77. The fourth-order valence-corrected chi connectivity index (χ4v) is 2.67. The van der Waals surface area contributed by atoms with Crippen LogP contribution in [0.15, 0.2) is 60.7 Å². The van der Waals surface area contributed by atoms with Crippen molar-refractivity contribution >= 4 is 11.6 Å². The van der Waals surface area contributed by atoms with Crippen LogP contribution in [-0.4, -0.2) is 40.2 Å². The van der Waals surface area contributed by atoms with Gasteiger partial charge in [0, 0.05) is 25.5 Å². The fraction of sp³-hybridized carbons (Fsp3) is 0.333. The number of nitrogens with zero attached hydrogens (tertiary/aromatic N) is 1. The molecule has 0 fully saturated rings. The van der Waals surface area contributed by atoms with Crippen molar-refractivity contribution in [3.63, 3.8) is 0 Å². The number of rotatable bonds is 8. The number of alkyl halides is 1. The third-order valence-electron chi connectivity index (χ3n) is 3.60. The number of benzene rings is 2. The van der Waals surface area contributed by atoms with Crippen LogP contribution in [-0.2, 0) is 6.54 Å². The van der Waals surface area contributed by atoms with E-state index in [4.69, 9.17) is 11.6 Å². The van der Waals surface area contributed by atoms with Crippen molar-refractivity contribution in [1.29, 1.82) is 0 Å². The van der Waals surface area contributed by atoms with Gasteiger partial charge in [0.2, 0.25) is 0 Å². The second-order valence-electron chi connectivity index (χ2n) is 5.33. The van der Waals surface area contributed by atoms with Crippen molar-refractivity contribution in [3.8, 4) is 0 Å². The summed E-state index contributed by atoms with van der Waals surface area (Å²) in [6, 6.07) is 19.3. The Hall–Kier alpha value is -1.39. The van der Waals surface area contributed by atoms with Crippen LogP contribution >= 0.6 is 11.6 Å². The van der Waals surface area contributed by atoms with Crippen molar-refractivity contribution in [1.82, 2.24) is 4.90 Å². The minimum Gasteiger partial charge on any atom is -0.389 e. The SMILES string of the molecule is O[C@H](c1ccccc1)[C@@H](O)CN(CCCl)Cc1ccccc1. The zero-order chi connectivity index (χ0) is 15.8. The molecule has 2 atom stereocenters. The molecule has 0 aromatic heterocycles. The second kappa shape index (κ2) is 8.91. The molecule has 0 spiro atoms. The van der Waals surface area contributed by atoms with Gasteiger partial charge in [0.05, 0.1) is 6.10 Å². The summed E-state index contributed by atoms with van der Waals surface area (Å²) >= 11 is 5.86. The maximum Gasteiger partial charge on any atom is 0.106 e. The Kier molecular flexibility index (Phi) is 6.87. The van der Waals surface area contributed by atoms with Crippen LogP contribution in [0.1, 0.15) is 17.2 Å².